The SMILES string of the molecule is Brc1ccc(-c2ccccc2)nc1.CC(C)C(C(C)C)C(C)C.CC(C)[Si](c1ccc(-c2ccccc2)nc1)(C(C)C)C(C)C.[CH2-]CCC.[Li+]. The van der Waals surface area contributed by atoms with E-state index in [9.17, 15) is 0 Å². The van der Waals surface area contributed by atoms with Crippen molar-refractivity contribution >= 4 is 29.2 Å². The Hall–Kier alpha value is -1.97. The minimum absolute atomic E-state index is 0. The van der Waals surface area contributed by atoms with Crippen molar-refractivity contribution in [3.05, 3.63) is 109 Å². The average Bonchev–Trinajstić information content (AvgIpc) is 3.06. The van der Waals surface area contributed by atoms with Crippen LogP contribution in [0.1, 0.15) is 103 Å². The van der Waals surface area contributed by atoms with Crippen LogP contribution >= 0.6 is 15.9 Å². The Morgan fingerprint density at radius 3 is 1.16 bits per heavy atom. The van der Waals surface area contributed by atoms with Crippen LogP contribution in [-0.4, -0.2) is 18.0 Å². The molecule has 0 aliphatic heterocycles. The second kappa shape index (κ2) is 25.1. The Bertz CT molecular complexity index is 1340. The van der Waals surface area contributed by atoms with Crippen molar-refractivity contribution in [2.75, 3.05) is 0 Å². The van der Waals surface area contributed by atoms with Crippen LogP contribution in [0.3, 0.4) is 0 Å². The molecule has 0 atom stereocenters. The Balaban J connectivity index is 0.000000730. The van der Waals surface area contributed by atoms with E-state index in [0.29, 0.717) is 0 Å². The zero-order valence-corrected chi connectivity index (χ0v) is 36.8. The van der Waals surface area contributed by atoms with Gasteiger partial charge >= 0.3 is 18.9 Å². The number of hydrogen-bond donors (Lipinski definition) is 0. The van der Waals surface area contributed by atoms with Crippen molar-refractivity contribution in [3.8, 4) is 22.5 Å². The molecule has 2 aromatic heterocycles. The molecule has 2 nitrogen and oxygen atoms in total. The number of hydrogen-bond acceptors (Lipinski definition) is 2. The predicted molar refractivity (Wildman–Crippen MR) is 226 cm³/mol. The van der Waals surface area contributed by atoms with E-state index in [1.807, 2.05) is 42.6 Å². The molecule has 0 aliphatic carbocycles. The molecule has 0 bridgehead atoms. The zero-order chi connectivity index (χ0) is 37.1. The van der Waals surface area contributed by atoms with Gasteiger partial charge in [0.15, 0.2) is 0 Å². The third-order valence-electron chi connectivity index (χ3n) is 9.66. The number of unbranched alkanes of at least 4 members (excludes halogenated alkanes) is 1. The second-order valence-electron chi connectivity index (χ2n) is 15.1. The van der Waals surface area contributed by atoms with Crippen LogP contribution in [0.25, 0.3) is 22.5 Å². The summed E-state index contributed by atoms with van der Waals surface area (Å²) in [7, 11) is -1.59. The van der Waals surface area contributed by atoms with Gasteiger partial charge in [-0.25, -0.2) is 0 Å². The Kier molecular flexibility index (Phi) is 24.1. The maximum absolute atomic E-state index is 4.80. The quantitative estimate of drug-likeness (QED) is 0.119. The molecule has 0 amide bonds. The maximum Gasteiger partial charge on any atom is 1.00 e. The van der Waals surface area contributed by atoms with Crippen LogP contribution in [0.5, 0.6) is 0 Å². The molecule has 5 heteroatoms. The molecule has 0 fully saturated rings. The molecule has 2 heterocycles. The second-order valence-corrected chi connectivity index (χ2v) is 21.9. The van der Waals surface area contributed by atoms with Crippen molar-refractivity contribution < 1.29 is 18.9 Å². The zero-order valence-electron chi connectivity index (χ0n) is 34.2. The van der Waals surface area contributed by atoms with Gasteiger partial charge in [0.25, 0.3) is 0 Å². The van der Waals surface area contributed by atoms with E-state index in [4.69, 9.17) is 4.98 Å². The Morgan fingerprint density at radius 2 is 0.920 bits per heavy atom. The van der Waals surface area contributed by atoms with Crippen LogP contribution in [0.4, 0.5) is 0 Å². The maximum atomic E-state index is 4.80. The molecule has 0 radical (unpaired) electrons. The van der Waals surface area contributed by atoms with E-state index in [-0.39, 0.29) is 18.9 Å². The average molecular weight is 752 g/mol. The fourth-order valence-corrected chi connectivity index (χ4v) is 14.8. The minimum Gasteiger partial charge on any atom is -0.343 e. The first-order valence-corrected chi connectivity index (χ1v) is 21.6. The van der Waals surface area contributed by atoms with Gasteiger partial charge in [-0.3, -0.25) is 9.97 Å². The monoisotopic (exact) mass is 750 g/mol. The van der Waals surface area contributed by atoms with Crippen molar-refractivity contribution in [2.45, 2.75) is 119 Å². The topological polar surface area (TPSA) is 25.8 Å². The summed E-state index contributed by atoms with van der Waals surface area (Å²) in [5.74, 6) is 3.39. The van der Waals surface area contributed by atoms with Crippen LogP contribution < -0.4 is 24.0 Å². The standard InChI is InChI=1S/C20H29NSi.C11H8BrN.C10H22.C4H9.Li/c1-15(2)22(16(3)4,17(5)6)19-12-13-20(21-14-19)18-10-8-7-9-11-18;12-10-6-7-11(13-8-10)9-4-2-1-3-5-9;1-7(2)10(8(3)4)9(5)6;1-3-4-2;/h7-17H,1-6H3;1-8H;7-10H,1-6H3;1,3-4H2,2H3;/q;;;-1;+1. The van der Waals surface area contributed by atoms with Gasteiger partial charge in [-0.1, -0.05) is 163 Å². The summed E-state index contributed by atoms with van der Waals surface area (Å²) in [5.41, 5.74) is 6.58. The number of halogens is 1. The molecule has 0 saturated heterocycles. The van der Waals surface area contributed by atoms with Crippen LogP contribution in [0.15, 0.2) is 102 Å². The number of rotatable bonds is 10. The Morgan fingerprint density at radius 1 is 0.560 bits per heavy atom. The van der Waals surface area contributed by atoms with Gasteiger partial charge in [0.2, 0.25) is 0 Å². The number of nitrogens with zero attached hydrogens (tertiary/aromatic N) is 2. The molecule has 50 heavy (non-hydrogen) atoms. The molecule has 0 aliphatic rings. The normalized spacial score (nSPS) is 11.2. The van der Waals surface area contributed by atoms with Gasteiger partial charge in [-0.15, -0.1) is 0 Å². The fraction of sp³-hybridized carbons (Fsp3) is 0.489. The van der Waals surface area contributed by atoms with Crippen LogP contribution in [-0.2, 0) is 0 Å². The molecule has 0 unspecified atom stereocenters. The fourth-order valence-electron chi connectivity index (χ4n) is 7.89. The van der Waals surface area contributed by atoms with Crippen LogP contribution in [0.2, 0.25) is 16.6 Å². The third kappa shape index (κ3) is 14.9. The van der Waals surface area contributed by atoms with Gasteiger partial charge in [0.1, 0.15) is 0 Å². The van der Waals surface area contributed by atoms with Crippen molar-refractivity contribution in [3.63, 3.8) is 0 Å². The molecule has 270 valence electrons. The number of aromatic nitrogens is 2. The minimum atomic E-state index is -1.59. The van der Waals surface area contributed by atoms with E-state index in [2.05, 4.69) is 173 Å². The molecule has 4 rings (SSSR count). The summed E-state index contributed by atoms with van der Waals surface area (Å²) in [6, 6.07) is 29.1. The van der Waals surface area contributed by atoms with Crippen molar-refractivity contribution in [1.82, 2.24) is 9.97 Å². The summed E-state index contributed by atoms with van der Waals surface area (Å²) < 4.78 is 1.01. The van der Waals surface area contributed by atoms with Crippen LogP contribution in [0, 0.1) is 30.6 Å². The molecule has 2 aromatic carbocycles. The number of pyridine rings is 2. The largest absolute Gasteiger partial charge is 1.00 e. The third-order valence-corrected chi connectivity index (χ3v) is 17.2. The summed E-state index contributed by atoms with van der Waals surface area (Å²) in [5, 5.41) is 1.51. The predicted octanol–water partition coefficient (Wildman–Crippen LogP) is 11.3. The molecular weight excluding hydrogens is 683 g/mol. The molecular formula is C45H68BrLiN2Si. The molecule has 0 spiro atoms. The van der Waals surface area contributed by atoms with Gasteiger partial charge in [0, 0.05) is 28.0 Å². The summed E-state index contributed by atoms with van der Waals surface area (Å²) in [6.07, 6.45) is 6.25. The smallest absolute Gasteiger partial charge is 0.343 e. The van der Waals surface area contributed by atoms with Gasteiger partial charge in [-0.2, -0.15) is 6.42 Å². The summed E-state index contributed by atoms with van der Waals surface area (Å²) in [4.78, 5) is 9.10. The summed E-state index contributed by atoms with van der Waals surface area (Å²) in [6.45, 7) is 34.1. The summed E-state index contributed by atoms with van der Waals surface area (Å²) >= 11 is 3.36. The first-order valence-electron chi connectivity index (χ1n) is 18.6. The molecule has 4 aromatic rings. The van der Waals surface area contributed by atoms with E-state index >= 15 is 0 Å². The van der Waals surface area contributed by atoms with E-state index < -0.39 is 8.07 Å². The molecule has 0 N–H and O–H groups in total. The first-order chi connectivity index (χ1) is 23.1. The molecule has 0 saturated carbocycles. The van der Waals surface area contributed by atoms with Crippen molar-refractivity contribution in [1.29, 1.82) is 0 Å². The van der Waals surface area contributed by atoms with Gasteiger partial charge in [-0.05, 0) is 79.6 Å². The first kappa shape index (κ1) is 48.0. The Labute approximate surface area is 330 Å². The van der Waals surface area contributed by atoms with E-state index in [0.717, 1.165) is 68.1 Å². The van der Waals surface area contributed by atoms with Gasteiger partial charge < -0.3 is 6.92 Å². The van der Waals surface area contributed by atoms with Gasteiger partial charge in [0.05, 0.1) is 19.5 Å². The van der Waals surface area contributed by atoms with E-state index in [1.165, 1.54) is 17.2 Å². The van der Waals surface area contributed by atoms with E-state index in [1.54, 1.807) is 0 Å². The number of benzene rings is 2. The van der Waals surface area contributed by atoms with Crippen molar-refractivity contribution in [2.24, 2.45) is 23.7 Å².